The zero-order valence-electron chi connectivity index (χ0n) is 24.6. The highest BCUT2D eigenvalue weighted by molar-refractivity contribution is 7.89. The molecule has 0 fully saturated rings. The Balaban J connectivity index is 1.25. The van der Waals surface area contributed by atoms with Crippen molar-refractivity contribution >= 4 is 44.8 Å². The van der Waals surface area contributed by atoms with Gasteiger partial charge in [-0.2, -0.15) is 9.71 Å². The van der Waals surface area contributed by atoms with Gasteiger partial charge in [0.25, 0.3) is 0 Å². The third-order valence-electron chi connectivity index (χ3n) is 7.08. The number of aryl methyl sites for hydroxylation is 4. The van der Waals surface area contributed by atoms with Gasteiger partial charge in [-0.25, -0.2) is 13.2 Å². The SMILES string of the molecule is Cc1cc(C)c(S(=O)(=O)NC(Cc2ccc(-c3cccc(NC(=O)Nc4nc5ccc(C)cc5o4)c3)cc2)C(=O)O)c(C)c1. The van der Waals surface area contributed by atoms with E-state index >= 15 is 0 Å². The number of amides is 2. The predicted molar refractivity (Wildman–Crippen MR) is 169 cm³/mol. The third kappa shape index (κ3) is 6.96. The summed E-state index contributed by atoms with van der Waals surface area (Å²) < 4.78 is 34.3. The number of fused-ring (bicyclic) bond motifs is 1. The lowest BCUT2D eigenvalue weighted by Gasteiger charge is -2.18. The molecule has 0 aliphatic carbocycles. The quantitative estimate of drug-likeness (QED) is 0.152. The molecule has 226 valence electrons. The number of sulfonamides is 1. The van der Waals surface area contributed by atoms with Crippen LogP contribution in [0.5, 0.6) is 0 Å². The molecule has 5 rings (SSSR count). The highest BCUT2D eigenvalue weighted by Crippen LogP contribution is 2.26. The summed E-state index contributed by atoms with van der Waals surface area (Å²) in [5.41, 5.74) is 7.09. The third-order valence-corrected chi connectivity index (χ3v) is 8.86. The fourth-order valence-electron chi connectivity index (χ4n) is 5.21. The number of rotatable bonds is 9. The number of hydrogen-bond acceptors (Lipinski definition) is 6. The van der Waals surface area contributed by atoms with Crippen molar-refractivity contribution < 1.29 is 27.5 Å². The molecule has 1 heterocycles. The molecule has 1 unspecified atom stereocenters. The molecule has 1 aromatic heterocycles. The summed E-state index contributed by atoms with van der Waals surface area (Å²) in [7, 11) is -4.08. The zero-order chi connectivity index (χ0) is 31.6. The highest BCUT2D eigenvalue weighted by Gasteiger charge is 2.28. The second kappa shape index (κ2) is 12.3. The number of aromatic nitrogens is 1. The molecular formula is C33H32N4O6S. The Morgan fingerprint density at radius 1 is 0.841 bits per heavy atom. The van der Waals surface area contributed by atoms with E-state index in [9.17, 15) is 23.1 Å². The zero-order valence-corrected chi connectivity index (χ0v) is 25.5. The van der Waals surface area contributed by atoms with Crippen molar-refractivity contribution in [2.24, 2.45) is 0 Å². The number of carbonyl (C=O) groups excluding carboxylic acids is 1. The Morgan fingerprint density at radius 2 is 1.55 bits per heavy atom. The monoisotopic (exact) mass is 612 g/mol. The van der Waals surface area contributed by atoms with Gasteiger partial charge in [0.15, 0.2) is 5.58 Å². The van der Waals surface area contributed by atoms with E-state index in [-0.39, 0.29) is 17.3 Å². The summed E-state index contributed by atoms with van der Waals surface area (Å²) in [5, 5.41) is 15.2. The lowest BCUT2D eigenvalue weighted by atomic mass is 10.0. The van der Waals surface area contributed by atoms with E-state index in [1.807, 2.05) is 50.2 Å². The van der Waals surface area contributed by atoms with Crippen LogP contribution in [-0.4, -0.2) is 36.6 Å². The van der Waals surface area contributed by atoms with Crippen LogP contribution in [0.4, 0.5) is 16.5 Å². The molecular weight excluding hydrogens is 580 g/mol. The molecule has 4 N–H and O–H groups in total. The Hall–Kier alpha value is -5.00. The largest absolute Gasteiger partial charge is 0.480 e. The van der Waals surface area contributed by atoms with Crippen LogP contribution >= 0.6 is 0 Å². The van der Waals surface area contributed by atoms with Crippen molar-refractivity contribution in [3.63, 3.8) is 0 Å². The Bertz CT molecular complexity index is 1960. The van der Waals surface area contributed by atoms with Gasteiger partial charge in [-0.1, -0.05) is 60.2 Å². The van der Waals surface area contributed by atoms with Crippen LogP contribution in [0, 0.1) is 27.7 Å². The number of carboxylic acids is 1. The van der Waals surface area contributed by atoms with Gasteiger partial charge in [-0.3, -0.25) is 10.1 Å². The molecule has 0 spiro atoms. The van der Waals surface area contributed by atoms with Crippen molar-refractivity contribution in [1.29, 1.82) is 0 Å². The van der Waals surface area contributed by atoms with Gasteiger partial charge < -0.3 is 14.8 Å². The molecule has 11 heteroatoms. The first-order valence-corrected chi connectivity index (χ1v) is 15.3. The van der Waals surface area contributed by atoms with Gasteiger partial charge >= 0.3 is 18.0 Å². The molecule has 0 radical (unpaired) electrons. The number of urea groups is 1. The lowest BCUT2D eigenvalue weighted by Crippen LogP contribution is -2.42. The van der Waals surface area contributed by atoms with Crippen molar-refractivity contribution in [2.75, 3.05) is 10.6 Å². The first-order chi connectivity index (χ1) is 20.9. The molecule has 0 saturated carbocycles. The second-order valence-corrected chi connectivity index (χ2v) is 12.4. The van der Waals surface area contributed by atoms with Crippen LogP contribution in [-0.2, 0) is 21.2 Å². The molecule has 10 nitrogen and oxygen atoms in total. The molecule has 0 saturated heterocycles. The number of anilines is 2. The molecule has 5 aromatic rings. The van der Waals surface area contributed by atoms with Crippen molar-refractivity contribution in [2.45, 2.75) is 45.1 Å². The minimum Gasteiger partial charge on any atom is -0.480 e. The average molecular weight is 613 g/mol. The van der Waals surface area contributed by atoms with E-state index in [0.29, 0.717) is 33.5 Å². The Morgan fingerprint density at radius 3 is 2.23 bits per heavy atom. The van der Waals surface area contributed by atoms with Crippen molar-refractivity contribution in [1.82, 2.24) is 9.71 Å². The number of oxazole rings is 1. The molecule has 0 aliphatic heterocycles. The first-order valence-electron chi connectivity index (χ1n) is 13.9. The predicted octanol–water partition coefficient (Wildman–Crippen LogP) is 6.35. The summed E-state index contributed by atoms with van der Waals surface area (Å²) in [6, 6.07) is 21.6. The molecule has 1 atom stereocenters. The second-order valence-electron chi connectivity index (χ2n) is 10.8. The molecule has 0 bridgehead atoms. The lowest BCUT2D eigenvalue weighted by molar-refractivity contribution is -0.138. The number of carboxylic acid groups (broad SMARTS) is 1. The summed E-state index contributed by atoms with van der Waals surface area (Å²) in [6.07, 6.45) is -0.0457. The Kier molecular flexibility index (Phi) is 8.52. The van der Waals surface area contributed by atoms with Crippen LogP contribution in [0.15, 0.2) is 88.2 Å². The number of nitrogens with one attached hydrogen (secondary N) is 3. The maximum atomic E-state index is 13.2. The van der Waals surface area contributed by atoms with Gasteiger partial charge in [-0.05, 0) is 91.8 Å². The van der Waals surface area contributed by atoms with Crippen LogP contribution in [0.3, 0.4) is 0 Å². The topological polar surface area (TPSA) is 151 Å². The minimum atomic E-state index is -4.08. The maximum Gasteiger partial charge on any atom is 0.327 e. The smallest absolute Gasteiger partial charge is 0.327 e. The van der Waals surface area contributed by atoms with Gasteiger partial charge in [0.1, 0.15) is 11.6 Å². The van der Waals surface area contributed by atoms with E-state index in [1.165, 1.54) is 0 Å². The van der Waals surface area contributed by atoms with Crippen LogP contribution in [0.25, 0.3) is 22.2 Å². The number of nitrogens with zero attached hydrogens (tertiary/aromatic N) is 1. The van der Waals surface area contributed by atoms with E-state index < -0.39 is 28.1 Å². The fourth-order valence-corrected chi connectivity index (χ4v) is 6.85. The van der Waals surface area contributed by atoms with E-state index in [0.717, 1.165) is 22.3 Å². The van der Waals surface area contributed by atoms with Gasteiger partial charge in [0.2, 0.25) is 10.0 Å². The summed E-state index contributed by atoms with van der Waals surface area (Å²) in [4.78, 5) is 29.0. The number of carbonyl (C=O) groups is 2. The van der Waals surface area contributed by atoms with E-state index in [2.05, 4.69) is 20.3 Å². The number of hydrogen-bond donors (Lipinski definition) is 4. The van der Waals surface area contributed by atoms with Crippen LogP contribution < -0.4 is 15.4 Å². The summed E-state index contributed by atoms with van der Waals surface area (Å²) in [6.45, 7) is 7.20. The maximum absolute atomic E-state index is 13.2. The summed E-state index contributed by atoms with van der Waals surface area (Å²) >= 11 is 0. The van der Waals surface area contributed by atoms with Gasteiger partial charge in [-0.15, -0.1) is 0 Å². The highest BCUT2D eigenvalue weighted by atomic mass is 32.2. The molecule has 0 aliphatic rings. The van der Waals surface area contributed by atoms with Gasteiger partial charge in [0, 0.05) is 5.69 Å². The van der Waals surface area contributed by atoms with Crippen LogP contribution in [0.2, 0.25) is 0 Å². The normalized spacial score (nSPS) is 12.2. The van der Waals surface area contributed by atoms with Crippen molar-refractivity contribution in [3.8, 4) is 11.1 Å². The average Bonchev–Trinajstić information content (AvgIpc) is 3.33. The molecule has 44 heavy (non-hydrogen) atoms. The van der Waals surface area contributed by atoms with Crippen molar-refractivity contribution in [3.05, 3.63) is 107 Å². The van der Waals surface area contributed by atoms with Gasteiger partial charge in [0.05, 0.1) is 4.90 Å². The van der Waals surface area contributed by atoms with Crippen LogP contribution in [0.1, 0.15) is 27.8 Å². The number of benzene rings is 4. The summed E-state index contributed by atoms with van der Waals surface area (Å²) in [5.74, 6) is -1.27. The standard InChI is InChI=1S/C33H32N4O6S/c1-19-8-13-27-29(16-19)43-33(35-27)36-32(40)34-26-7-5-6-25(18-26)24-11-9-23(10-12-24)17-28(31(38)39)37-44(41,42)30-21(3)14-20(2)15-22(30)4/h5-16,18,28,37H,17H2,1-4H3,(H,38,39)(H2,34,35,36,40). The fraction of sp³-hybridized carbons (Fsp3) is 0.182. The van der Waals surface area contributed by atoms with E-state index in [4.69, 9.17) is 4.42 Å². The minimum absolute atomic E-state index is 0.0457. The molecule has 2 amide bonds. The first kappa shape index (κ1) is 30.5. The molecule has 4 aromatic carbocycles. The Labute approximate surface area is 255 Å². The van der Waals surface area contributed by atoms with E-state index in [1.54, 1.807) is 56.3 Å². The number of aliphatic carboxylic acids is 1.